The van der Waals surface area contributed by atoms with Gasteiger partial charge in [-0.15, -0.1) is 6.58 Å². The topological polar surface area (TPSA) is 38.9 Å². The third kappa shape index (κ3) is 2.83. The molecule has 1 rings (SSSR count). The van der Waals surface area contributed by atoms with Crippen molar-refractivity contribution in [1.82, 2.24) is 4.98 Å². The largest absolute Gasteiger partial charge is 0.324 e. The van der Waals surface area contributed by atoms with Crippen LogP contribution in [0.5, 0.6) is 0 Å². The quantitative estimate of drug-likeness (QED) is 0.753. The third-order valence-electron chi connectivity index (χ3n) is 1.89. The van der Waals surface area contributed by atoms with E-state index < -0.39 is 0 Å². The van der Waals surface area contributed by atoms with Crippen LogP contribution in [-0.4, -0.2) is 4.98 Å². The highest BCUT2D eigenvalue weighted by Crippen LogP contribution is 2.22. The minimum atomic E-state index is -0.0199. The van der Waals surface area contributed by atoms with E-state index in [0.717, 1.165) is 18.4 Å². The SMILES string of the molecule is C=CCC[C@H](N)c1ccncc1Cl. The molecule has 0 fully saturated rings. The maximum Gasteiger partial charge on any atom is 0.0637 e. The molecule has 0 aliphatic rings. The highest BCUT2D eigenvalue weighted by molar-refractivity contribution is 6.31. The lowest BCUT2D eigenvalue weighted by atomic mass is 10.0. The molecule has 0 unspecified atom stereocenters. The van der Waals surface area contributed by atoms with Gasteiger partial charge in [-0.2, -0.15) is 0 Å². The molecule has 2 nitrogen and oxygen atoms in total. The van der Waals surface area contributed by atoms with E-state index in [1.165, 1.54) is 0 Å². The molecule has 0 spiro atoms. The fraction of sp³-hybridized carbons (Fsp3) is 0.300. The van der Waals surface area contributed by atoms with Crippen LogP contribution in [0, 0.1) is 0 Å². The monoisotopic (exact) mass is 196 g/mol. The van der Waals surface area contributed by atoms with Crippen LogP contribution >= 0.6 is 11.6 Å². The van der Waals surface area contributed by atoms with E-state index in [-0.39, 0.29) is 6.04 Å². The minimum Gasteiger partial charge on any atom is -0.324 e. The van der Waals surface area contributed by atoms with Gasteiger partial charge in [-0.1, -0.05) is 17.7 Å². The molecule has 0 aromatic carbocycles. The maximum absolute atomic E-state index is 5.93. The smallest absolute Gasteiger partial charge is 0.0637 e. The zero-order valence-electron chi connectivity index (χ0n) is 7.41. The number of pyridine rings is 1. The fourth-order valence-corrected chi connectivity index (χ4v) is 1.40. The molecule has 13 heavy (non-hydrogen) atoms. The molecule has 2 N–H and O–H groups in total. The molecule has 3 heteroatoms. The van der Waals surface area contributed by atoms with Crippen LogP contribution in [0.2, 0.25) is 5.02 Å². The molecule has 0 radical (unpaired) electrons. The summed E-state index contributed by atoms with van der Waals surface area (Å²) in [5, 5.41) is 0.638. The molecule has 0 saturated heterocycles. The number of halogens is 1. The molecule has 0 amide bonds. The summed E-state index contributed by atoms with van der Waals surface area (Å²) in [5.74, 6) is 0. The van der Waals surface area contributed by atoms with Gasteiger partial charge in [0.05, 0.1) is 5.02 Å². The normalized spacial score (nSPS) is 12.5. The van der Waals surface area contributed by atoms with Gasteiger partial charge in [0.2, 0.25) is 0 Å². The van der Waals surface area contributed by atoms with Gasteiger partial charge in [-0.25, -0.2) is 0 Å². The summed E-state index contributed by atoms with van der Waals surface area (Å²) in [4.78, 5) is 3.90. The van der Waals surface area contributed by atoms with Crippen molar-refractivity contribution < 1.29 is 0 Å². The molecule has 1 heterocycles. The Kier molecular flexibility index (Phi) is 3.93. The predicted octanol–water partition coefficient (Wildman–Crippen LogP) is 2.70. The lowest BCUT2D eigenvalue weighted by Gasteiger charge is -2.11. The van der Waals surface area contributed by atoms with E-state index in [4.69, 9.17) is 17.3 Å². The average Bonchev–Trinajstić information content (AvgIpc) is 2.15. The first-order valence-corrected chi connectivity index (χ1v) is 4.59. The van der Waals surface area contributed by atoms with Crippen molar-refractivity contribution in [3.05, 3.63) is 41.7 Å². The number of aromatic nitrogens is 1. The van der Waals surface area contributed by atoms with Gasteiger partial charge in [-0.05, 0) is 24.5 Å². The van der Waals surface area contributed by atoms with Gasteiger partial charge >= 0.3 is 0 Å². The van der Waals surface area contributed by atoms with E-state index in [1.807, 2.05) is 12.1 Å². The van der Waals surface area contributed by atoms with E-state index in [9.17, 15) is 0 Å². The summed E-state index contributed by atoms with van der Waals surface area (Å²) < 4.78 is 0. The van der Waals surface area contributed by atoms with E-state index >= 15 is 0 Å². The number of hydrogen-bond acceptors (Lipinski definition) is 2. The first-order valence-electron chi connectivity index (χ1n) is 4.21. The zero-order valence-corrected chi connectivity index (χ0v) is 8.17. The molecular weight excluding hydrogens is 184 g/mol. The number of rotatable bonds is 4. The van der Waals surface area contributed by atoms with Gasteiger partial charge in [0, 0.05) is 18.4 Å². The molecule has 1 aromatic heterocycles. The van der Waals surface area contributed by atoms with Crippen LogP contribution in [0.3, 0.4) is 0 Å². The van der Waals surface area contributed by atoms with Gasteiger partial charge in [0.15, 0.2) is 0 Å². The Morgan fingerprint density at radius 3 is 3.08 bits per heavy atom. The second kappa shape index (κ2) is 5.00. The van der Waals surface area contributed by atoms with Gasteiger partial charge < -0.3 is 5.73 Å². The number of nitrogens with zero attached hydrogens (tertiary/aromatic N) is 1. The van der Waals surface area contributed by atoms with E-state index in [2.05, 4.69) is 11.6 Å². The summed E-state index contributed by atoms with van der Waals surface area (Å²) in [6.07, 6.45) is 6.95. The van der Waals surface area contributed by atoms with Crippen LogP contribution in [-0.2, 0) is 0 Å². The molecular formula is C10H13ClN2. The van der Waals surface area contributed by atoms with Crippen LogP contribution in [0.1, 0.15) is 24.4 Å². The minimum absolute atomic E-state index is 0.0199. The second-order valence-electron chi connectivity index (χ2n) is 2.87. The summed E-state index contributed by atoms with van der Waals surface area (Å²) >= 11 is 5.93. The summed E-state index contributed by atoms with van der Waals surface area (Å²) in [6.45, 7) is 3.65. The van der Waals surface area contributed by atoms with Crippen LogP contribution in [0.4, 0.5) is 0 Å². The Balaban J connectivity index is 2.70. The fourth-order valence-electron chi connectivity index (χ4n) is 1.14. The summed E-state index contributed by atoms with van der Waals surface area (Å²) in [6, 6.07) is 1.84. The van der Waals surface area contributed by atoms with Crippen LogP contribution in [0.25, 0.3) is 0 Å². The number of hydrogen-bond donors (Lipinski definition) is 1. The molecule has 70 valence electrons. The van der Waals surface area contributed by atoms with Gasteiger partial charge in [0.25, 0.3) is 0 Å². The van der Waals surface area contributed by atoms with Crippen molar-refractivity contribution >= 4 is 11.6 Å². The summed E-state index contributed by atoms with van der Waals surface area (Å²) in [7, 11) is 0. The Labute approximate surface area is 83.4 Å². The highest BCUT2D eigenvalue weighted by Gasteiger charge is 2.08. The summed E-state index contributed by atoms with van der Waals surface area (Å²) in [5.41, 5.74) is 6.88. The van der Waals surface area contributed by atoms with Gasteiger partial charge in [0.1, 0.15) is 0 Å². The highest BCUT2D eigenvalue weighted by atomic mass is 35.5. The maximum atomic E-state index is 5.93. The Morgan fingerprint density at radius 2 is 2.46 bits per heavy atom. The number of allylic oxidation sites excluding steroid dienone is 1. The van der Waals surface area contributed by atoms with Crippen molar-refractivity contribution in [3.8, 4) is 0 Å². The van der Waals surface area contributed by atoms with Crippen LogP contribution < -0.4 is 5.73 Å². The molecule has 0 saturated carbocycles. The first-order chi connectivity index (χ1) is 6.25. The Morgan fingerprint density at radius 1 is 1.69 bits per heavy atom. The molecule has 0 aliphatic carbocycles. The Bertz CT molecular complexity index is 286. The first kappa shape index (κ1) is 10.2. The average molecular weight is 197 g/mol. The molecule has 0 bridgehead atoms. The van der Waals surface area contributed by atoms with Crippen molar-refractivity contribution in [2.45, 2.75) is 18.9 Å². The molecule has 0 aliphatic heterocycles. The zero-order chi connectivity index (χ0) is 9.68. The predicted molar refractivity (Wildman–Crippen MR) is 55.6 cm³/mol. The van der Waals surface area contributed by atoms with Gasteiger partial charge in [-0.3, -0.25) is 4.98 Å². The third-order valence-corrected chi connectivity index (χ3v) is 2.20. The Hall–Kier alpha value is -0.860. The second-order valence-corrected chi connectivity index (χ2v) is 3.28. The molecule has 1 aromatic rings. The van der Waals surface area contributed by atoms with Crippen molar-refractivity contribution in [3.63, 3.8) is 0 Å². The lowest BCUT2D eigenvalue weighted by molar-refractivity contribution is 0.661. The molecule has 1 atom stereocenters. The van der Waals surface area contributed by atoms with Crippen molar-refractivity contribution in [1.29, 1.82) is 0 Å². The van der Waals surface area contributed by atoms with Crippen LogP contribution in [0.15, 0.2) is 31.1 Å². The van der Waals surface area contributed by atoms with E-state index in [1.54, 1.807) is 12.4 Å². The lowest BCUT2D eigenvalue weighted by Crippen LogP contribution is -2.10. The van der Waals surface area contributed by atoms with Crippen molar-refractivity contribution in [2.75, 3.05) is 0 Å². The standard InChI is InChI=1S/C10H13ClN2/c1-2-3-4-10(12)8-5-6-13-7-9(8)11/h2,5-7,10H,1,3-4,12H2/t10-/m0/s1. The number of nitrogens with two attached hydrogens (primary N) is 1. The van der Waals surface area contributed by atoms with E-state index in [0.29, 0.717) is 5.02 Å². The van der Waals surface area contributed by atoms with Crippen molar-refractivity contribution in [2.24, 2.45) is 5.73 Å².